The molecule has 200 valence electrons. The van der Waals surface area contributed by atoms with E-state index in [9.17, 15) is 14.9 Å². The number of hydrogen-bond donors (Lipinski definition) is 0. The normalized spacial score (nSPS) is 14.6. The van der Waals surface area contributed by atoms with Gasteiger partial charge in [0.15, 0.2) is 11.5 Å². The quantitative estimate of drug-likeness (QED) is 0.178. The van der Waals surface area contributed by atoms with Crippen molar-refractivity contribution in [1.29, 1.82) is 5.26 Å². The van der Waals surface area contributed by atoms with Crippen molar-refractivity contribution in [2.24, 2.45) is 0 Å². The molecule has 1 heterocycles. The van der Waals surface area contributed by atoms with Gasteiger partial charge in [0.05, 0.1) is 27.4 Å². The minimum absolute atomic E-state index is 0.0461. The van der Waals surface area contributed by atoms with Crippen LogP contribution in [0, 0.1) is 11.3 Å². The summed E-state index contributed by atoms with van der Waals surface area (Å²) in [7, 11) is 3.14. The summed E-state index contributed by atoms with van der Waals surface area (Å²) in [6.07, 6.45) is 8.76. The smallest absolute Gasteiger partial charge is 0.271 e. The van der Waals surface area contributed by atoms with Crippen LogP contribution in [0.1, 0.15) is 63.5 Å². The lowest BCUT2D eigenvalue weighted by atomic mass is 9.93. The third-order valence-electron chi connectivity index (χ3n) is 6.58. The number of ether oxygens (including phenoxy) is 3. The van der Waals surface area contributed by atoms with Crippen molar-refractivity contribution >= 4 is 17.9 Å². The molecule has 0 aliphatic carbocycles. The van der Waals surface area contributed by atoms with Crippen LogP contribution >= 0.6 is 0 Å². The molecule has 7 nitrogen and oxygen atoms in total. The van der Waals surface area contributed by atoms with E-state index in [-0.39, 0.29) is 17.7 Å². The maximum absolute atomic E-state index is 13.4. The summed E-state index contributed by atoms with van der Waals surface area (Å²) in [5, 5.41) is 9.69. The molecule has 2 amide bonds. The van der Waals surface area contributed by atoms with Gasteiger partial charge in [-0.05, 0) is 60.4 Å². The van der Waals surface area contributed by atoms with Crippen LogP contribution < -0.4 is 14.2 Å². The second-order valence-corrected chi connectivity index (χ2v) is 9.24. The minimum atomic E-state index is -0.598. The summed E-state index contributed by atoms with van der Waals surface area (Å²) in [6.45, 7) is 4.49. The van der Waals surface area contributed by atoms with Crippen LogP contribution in [0.2, 0.25) is 0 Å². The number of methoxy groups -OCH3 is 2. The van der Waals surface area contributed by atoms with Gasteiger partial charge in [-0.3, -0.25) is 14.5 Å². The van der Waals surface area contributed by atoms with E-state index in [1.165, 1.54) is 25.7 Å². The molecule has 0 atom stereocenters. The van der Waals surface area contributed by atoms with Gasteiger partial charge in [0.25, 0.3) is 11.8 Å². The molecule has 0 spiro atoms. The Balaban J connectivity index is 1.80. The molecule has 0 N–H and O–H groups in total. The molecule has 3 rings (SSSR count). The van der Waals surface area contributed by atoms with E-state index in [0.717, 1.165) is 23.3 Å². The van der Waals surface area contributed by atoms with Crippen molar-refractivity contribution in [2.75, 3.05) is 20.8 Å². The van der Waals surface area contributed by atoms with E-state index in [4.69, 9.17) is 14.2 Å². The van der Waals surface area contributed by atoms with Crippen LogP contribution in [-0.4, -0.2) is 37.5 Å². The predicted molar refractivity (Wildman–Crippen MR) is 147 cm³/mol. The highest BCUT2D eigenvalue weighted by molar-refractivity contribution is 6.19. The minimum Gasteiger partial charge on any atom is -0.497 e. The number of hydrogen-bond acceptors (Lipinski definition) is 6. The van der Waals surface area contributed by atoms with Gasteiger partial charge in [0.2, 0.25) is 0 Å². The Bertz CT molecular complexity index is 1240. The molecular formula is C31H36N2O5. The highest BCUT2D eigenvalue weighted by Gasteiger charge is 2.35. The number of rotatable bonds is 13. The van der Waals surface area contributed by atoms with Gasteiger partial charge in [-0.25, -0.2) is 0 Å². The van der Waals surface area contributed by atoms with Crippen molar-refractivity contribution < 1.29 is 23.8 Å². The summed E-state index contributed by atoms with van der Waals surface area (Å²) in [5.41, 5.74) is 2.05. The number of carbonyl (C=O) groups excluding carboxylic acids is 2. The fraction of sp³-hybridized carbons (Fsp3) is 0.387. The van der Waals surface area contributed by atoms with Gasteiger partial charge in [-0.1, -0.05) is 57.2 Å². The number of nitrogens with zero attached hydrogens (tertiary/aromatic N) is 2. The van der Waals surface area contributed by atoms with Crippen LogP contribution in [-0.2, 0) is 16.1 Å². The average molecular weight is 517 g/mol. The SMILES string of the molecule is CCCCCCCCOc1ccc(/C=C2/C(=O)N(Cc3ccc(OC)cc3)C(=O)C(C#N)=C2C)cc1OC. The molecule has 0 radical (unpaired) electrons. The van der Waals surface area contributed by atoms with E-state index in [0.29, 0.717) is 35.0 Å². The summed E-state index contributed by atoms with van der Waals surface area (Å²) in [6, 6.07) is 14.5. The highest BCUT2D eigenvalue weighted by Crippen LogP contribution is 2.32. The fourth-order valence-corrected chi connectivity index (χ4v) is 4.31. The van der Waals surface area contributed by atoms with Gasteiger partial charge >= 0.3 is 0 Å². The lowest BCUT2D eigenvalue weighted by molar-refractivity contribution is -0.141. The molecule has 2 aromatic rings. The van der Waals surface area contributed by atoms with Crippen LogP contribution in [0.4, 0.5) is 0 Å². The number of imide groups is 1. The van der Waals surface area contributed by atoms with E-state index >= 15 is 0 Å². The first-order chi connectivity index (χ1) is 18.4. The van der Waals surface area contributed by atoms with Crippen molar-refractivity contribution in [3.63, 3.8) is 0 Å². The third kappa shape index (κ3) is 7.04. The number of nitriles is 1. The number of benzene rings is 2. The fourth-order valence-electron chi connectivity index (χ4n) is 4.31. The molecule has 0 fully saturated rings. The zero-order valence-corrected chi connectivity index (χ0v) is 22.7. The number of carbonyl (C=O) groups is 2. The second kappa shape index (κ2) is 14.0. The third-order valence-corrected chi connectivity index (χ3v) is 6.58. The molecule has 0 bridgehead atoms. The first kappa shape index (κ1) is 28.5. The molecule has 0 saturated heterocycles. The Morgan fingerprint density at radius 1 is 0.895 bits per heavy atom. The molecule has 7 heteroatoms. The first-order valence-corrected chi connectivity index (χ1v) is 13.1. The van der Waals surface area contributed by atoms with Gasteiger partial charge < -0.3 is 14.2 Å². The van der Waals surface area contributed by atoms with E-state index in [2.05, 4.69) is 6.92 Å². The van der Waals surface area contributed by atoms with Gasteiger partial charge in [0.1, 0.15) is 17.4 Å². The highest BCUT2D eigenvalue weighted by atomic mass is 16.5. The van der Waals surface area contributed by atoms with Crippen LogP contribution in [0.3, 0.4) is 0 Å². The Morgan fingerprint density at radius 2 is 1.61 bits per heavy atom. The molecule has 1 aliphatic rings. The van der Waals surface area contributed by atoms with E-state index in [1.807, 2.05) is 18.2 Å². The van der Waals surface area contributed by atoms with Crippen LogP contribution in [0.15, 0.2) is 59.2 Å². The zero-order valence-electron chi connectivity index (χ0n) is 22.7. The summed E-state index contributed by atoms with van der Waals surface area (Å²) in [4.78, 5) is 27.5. The molecule has 0 saturated carbocycles. The lowest BCUT2D eigenvalue weighted by Gasteiger charge is -2.27. The van der Waals surface area contributed by atoms with Crippen molar-refractivity contribution in [3.8, 4) is 23.3 Å². The largest absolute Gasteiger partial charge is 0.497 e. The molecule has 0 unspecified atom stereocenters. The van der Waals surface area contributed by atoms with Crippen molar-refractivity contribution in [3.05, 3.63) is 70.3 Å². The van der Waals surface area contributed by atoms with E-state index < -0.39 is 11.8 Å². The summed E-state index contributed by atoms with van der Waals surface area (Å²) in [5.74, 6) is 0.817. The molecule has 2 aromatic carbocycles. The Kier molecular flexibility index (Phi) is 10.5. The second-order valence-electron chi connectivity index (χ2n) is 9.24. The van der Waals surface area contributed by atoms with Crippen LogP contribution in [0.5, 0.6) is 17.2 Å². The molecule has 38 heavy (non-hydrogen) atoms. The van der Waals surface area contributed by atoms with E-state index in [1.54, 1.807) is 57.6 Å². The molecule has 1 aliphatic heterocycles. The Morgan fingerprint density at radius 3 is 2.26 bits per heavy atom. The van der Waals surface area contributed by atoms with Crippen LogP contribution in [0.25, 0.3) is 6.08 Å². The molecular weight excluding hydrogens is 480 g/mol. The Hall–Kier alpha value is -4.05. The monoisotopic (exact) mass is 516 g/mol. The maximum atomic E-state index is 13.4. The van der Waals surface area contributed by atoms with Crippen molar-refractivity contribution in [1.82, 2.24) is 4.90 Å². The van der Waals surface area contributed by atoms with Gasteiger partial charge in [0, 0.05) is 5.57 Å². The van der Waals surface area contributed by atoms with Crippen molar-refractivity contribution in [2.45, 2.75) is 58.9 Å². The van der Waals surface area contributed by atoms with Gasteiger partial charge in [-0.2, -0.15) is 5.26 Å². The molecule has 0 aromatic heterocycles. The Labute approximate surface area is 225 Å². The topological polar surface area (TPSA) is 88.9 Å². The summed E-state index contributed by atoms with van der Waals surface area (Å²) >= 11 is 0. The standard InChI is InChI=1S/C31H36N2O5/c1-5-6-7-8-9-10-17-38-28-16-13-24(19-29(28)37-4)18-26-22(2)27(20-32)31(35)33(30(26)34)21-23-11-14-25(36-3)15-12-23/h11-16,18-19H,5-10,17,21H2,1-4H3/b26-18+. The number of amides is 2. The average Bonchev–Trinajstić information content (AvgIpc) is 2.94. The van der Waals surface area contributed by atoms with Gasteiger partial charge in [-0.15, -0.1) is 0 Å². The number of unbranched alkanes of at least 4 members (excludes halogenated alkanes) is 5. The summed E-state index contributed by atoms with van der Waals surface area (Å²) < 4.78 is 16.7. The lowest BCUT2D eigenvalue weighted by Crippen LogP contribution is -2.42. The maximum Gasteiger partial charge on any atom is 0.271 e. The zero-order chi connectivity index (χ0) is 27.5. The first-order valence-electron chi connectivity index (χ1n) is 13.1. The predicted octanol–water partition coefficient (Wildman–Crippen LogP) is 6.24.